The number of nitro groups is 1. The molecule has 1 aromatic carbocycles. The highest BCUT2D eigenvalue weighted by Crippen LogP contribution is 2.20. The number of aromatic nitrogens is 1. The molecule has 1 N–H and O–H groups in total. The number of nitrogens with one attached hydrogen (secondary N) is 1. The summed E-state index contributed by atoms with van der Waals surface area (Å²) in [5.41, 5.74) is 2.80. The maximum Gasteiger partial charge on any atom is 0.287 e. The smallest absolute Gasteiger partial charge is 0.287 e. The first-order valence-electron chi connectivity index (χ1n) is 6.56. The van der Waals surface area contributed by atoms with E-state index in [-0.39, 0.29) is 17.3 Å². The molecule has 0 spiro atoms. The van der Waals surface area contributed by atoms with Crippen LogP contribution in [0.2, 0.25) is 0 Å². The Morgan fingerprint density at radius 3 is 2.73 bits per heavy atom. The molecule has 0 saturated carbocycles. The monoisotopic (exact) mass is 317 g/mol. The molecule has 7 heteroatoms. The lowest BCUT2D eigenvalue weighted by Gasteiger charge is -2.09. The first-order valence-corrected chi connectivity index (χ1v) is 7.54. The van der Waals surface area contributed by atoms with Gasteiger partial charge in [0.05, 0.1) is 15.7 Å². The number of rotatable bonds is 5. The number of aryl methyl sites for hydroxylation is 2. The second kappa shape index (κ2) is 7.04. The van der Waals surface area contributed by atoms with Gasteiger partial charge in [-0.25, -0.2) is 4.98 Å². The van der Waals surface area contributed by atoms with Gasteiger partial charge in [0, 0.05) is 11.8 Å². The fraction of sp³-hybridized carbons (Fsp3) is 0.200. The summed E-state index contributed by atoms with van der Waals surface area (Å²) in [4.78, 5) is 25.9. The number of carbonyl (C=O) groups excluding carboxylic acids is 1. The summed E-state index contributed by atoms with van der Waals surface area (Å²) in [5.74, 6) is 0.0527. The molecule has 0 atom stereocenters. The molecular weight excluding hydrogens is 302 g/mol. The summed E-state index contributed by atoms with van der Waals surface area (Å²) >= 11 is 1.23. The van der Waals surface area contributed by atoms with Gasteiger partial charge in [-0.2, -0.15) is 0 Å². The van der Waals surface area contributed by atoms with Crippen LogP contribution in [-0.4, -0.2) is 21.6 Å². The van der Waals surface area contributed by atoms with Gasteiger partial charge in [0.1, 0.15) is 6.20 Å². The van der Waals surface area contributed by atoms with E-state index in [1.54, 1.807) is 0 Å². The van der Waals surface area contributed by atoms with E-state index in [1.165, 1.54) is 30.1 Å². The van der Waals surface area contributed by atoms with Gasteiger partial charge in [-0.05, 0) is 37.1 Å². The summed E-state index contributed by atoms with van der Waals surface area (Å²) in [6.07, 6.45) is 1.19. The Kier molecular flexibility index (Phi) is 5.11. The molecule has 0 aliphatic heterocycles. The molecule has 0 radical (unpaired) electrons. The molecular formula is C15H15N3O3S. The summed E-state index contributed by atoms with van der Waals surface area (Å²) in [6.45, 7) is 3.89. The Labute approximate surface area is 132 Å². The van der Waals surface area contributed by atoms with E-state index in [4.69, 9.17) is 0 Å². The second-order valence-corrected chi connectivity index (χ2v) is 5.76. The Morgan fingerprint density at radius 2 is 2.09 bits per heavy atom. The van der Waals surface area contributed by atoms with E-state index in [0.717, 1.165) is 16.8 Å². The van der Waals surface area contributed by atoms with E-state index in [1.807, 2.05) is 32.0 Å². The van der Waals surface area contributed by atoms with Crippen molar-refractivity contribution < 1.29 is 9.72 Å². The predicted molar refractivity (Wildman–Crippen MR) is 86.2 cm³/mol. The van der Waals surface area contributed by atoms with Gasteiger partial charge < -0.3 is 5.32 Å². The van der Waals surface area contributed by atoms with Crippen molar-refractivity contribution in [2.24, 2.45) is 0 Å². The molecule has 0 aliphatic rings. The van der Waals surface area contributed by atoms with Crippen molar-refractivity contribution >= 4 is 29.0 Å². The van der Waals surface area contributed by atoms with Gasteiger partial charge in [-0.15, -0.1) is 0 Å². The van der Waals surface area contributed by atoms with Crippen LogP contribution in [0.4, 0.5) is 11.4 Å². The van der Waals surface area contributed by atoms with Crippen molar-refractivity contribution in [3.05, 3.63) is 57.8 Å². The van der Waals surface area contributed by atoms with Crippen molar-refractivity contribution in [1.82, 2.24) is 4.98 Å². The number of hydrogen-bond donors (Lipinski definition) is 1. The second-order valence-electron chi connectivity index (χ2n) is 4.77. The SMILES string of the molecule is Cc1ccc(C)c(NC(=O)CSc2ccc([N+](=O)[O-])cn2)c1. The molecule has 0 unspecified atom stereocenters. The summed E-state index contributed by atoms with van der Waals surface area (Å²) < 4.78 is 0. The van der Waals surface area contributed by atoms with Crippen LogP contribution in [-0.2, 0) is 4.79 Å². The van der Waals surface area contributed by atoms with Crippen molar-refractivity contribution in [2.75, 3.05) is 11.1 Å². The third kappa shape index (κ3) is 4.29. The van der Waals surface area contributed by atoms with E-state index in [2.05, 4.69) is 10.3 Å². The third-order valence-electron chi connectivity index (χ3n) is 2.95. The number of benzene rings is 1. The van der Waals surface area contributed by atoms with E-state index < -0.39 is 4.92 Å². The largest absolute Gasteiger partial charge is 0.325 e. The van der Waals surface area contributed by atoms with Crippen molar-refractivity contribution in [3.8, 4) is 0 Å². The number of pyridine rings is 1. The molecule has 0 bridgehead atoms. The van der Waals surface area contributed by atoms with Crippen LogP contribution in [0, 0.1) is 24.0 Å². The fourth-order valence-electron chi connectivity index (χ4n) is 1.76. The molecule has 0 saturated heterocycles. The molecule has 1 heterocycles. The van der Waals surface area contributed by atoms with Crippen molar-refractivity contribution in [2.45, 2.75) is 18.9 Å². The Bertz CT molecular complexity index is 702. The summed E-state index contributed by atoms with van der Waals surface area (Å²) in [6, 6.07) is 8.77. The fourth-order valence-corrected chi connectivity index (χ4v) is 2.40. The Morgan fingerprint density at radius 1 is 1.32 bits per heavy atom. The normalized spacial score (nSPS) is 10.3. The number of hydrogen-bond acceptors (Lipinski definition) is 5. The van der Waals surface area contributed by atoms with Crippen LogP contribution >= 0.6 is 11.8 Å². The molecule has 6 nitrogen and oxygen atoms in total. The summed E-state index contributed by atoms with van der Waals surface area (Å²) in [5, 5.41) is 14.0. The third-order valence-corrected chi connectivity index (χ3v) is 3.89. The highest BCUT2D eigenvalue weighted by atomic mass is 32.2. The average molecular weight is 317 g/mol. The van der Waals surface area contributed by atoms with Crippen LogP contribution in [0.25, 0.3) is 0 Å². The molecule has 1 amide bonds. The van der Waals surface area contributed by atoms with E-state index >= 15 is 0 Å². The first kappa shape index (κ1) is 16.0. The zero-order valence-electron chi connectivity index (χ0n) is 12.2. The predicted octanol–water partition coefficient (Wildman–Crippen LogP) is 3.34. The maximum absolute atomic E-state index is 12.0. The number of nitrogens with zero attached hydrogens (tertiary/aromatic N) is 2. The maximum atomic E-state index is 12.0. The Hall–Kier alpha value is -2.41. The molecule has 2 aromatic rings. The number of anilines is 1. The quantitative estimate of drug-likeness (QED) is 0.519. The van der Waals surface area contributed by atoms with E-state index in [0.29, 0.717) is 5.03 Å². The number of amides is 1. The Balaban J connectivity index is 1.92. The van der Waals surface area contributed by atoms with Crippen LogP contribution in [0.15, 0.2) is 41.6 Å². The van der Waals surface area contributed by atoms with Crippen molar-refractivity contribution in [3.63, 3.8) is 0 Å². The lowest BCUT2D eigenvalue weighted by atomic mass is 10.1. The van der Waals surface area contributed by atoms with Crippen LogP contribution < -0.4 is 5.32 Å². The van der Waals surface area contributed by atoms with Crippen LogP contribution in [0.1, 0.15) is 11.1 Å². The molecule has 1 aromatic heterocycles. The van der Waals surface area contributed by atoms with Gasteiger partial charge in [0.15, 0.2) is 0 Å². The first-order chi connectivity index (χ1) is 10.5. The number of thioether (sulfide) groups is 1. The highest BCUT2D eigenvalue weighted by Gasteiger charge is 2.09. The van der Waals surface area contributed by atoms with Gasteiger partial charge in [-0.3, -0.25) is 14.9 Å². The molecule has 22 heavy (non-hydrogen) atoms. The topological polar surface area (TPSA) is 85.1 Å². The zero-order valence-corrected chi connectivity index (χ0v) is 13.0. The zero-order chi connectivity index (χ0) is 16.1. The molecule has 0 fully saturated rings. The van der Waals surface area contributed by atoms with E-state index in [9.17, 15) is 14.9 Å². The standard InChI is InChI=1S/C15H15N3O3S/c1-10-3-4-11(2)13(7-10)17-14(19)9-22-15-6-5-12(8-16-15)18(20)21/h3-8H,9H2,1-2H3,(H,17,19). The molecule has 2 rings (SSSR count). The number of carbonyl (C=O) groups is 1. The van der Waals surface area contributed by atoms with Gasteiger partial charge >= 0.3 is 0 Å². The summed E-state index contributed by atoms with van der Waals surface area (Å²) in [7, 11) is 0. The minimum Gasteiger partial charge on any atom is -0.325 e. The molecule has 0 aliphatic carbocycles. The van der Waals surface area contributed by atoms with Gasteiger partial charge in [-0.1, -0.05) is 23.9 Å². The molecule has 114 valence electrons. The minimum absolute atomic E-state index is 0.0656. The highest BCUT2D eigenvalue weighted by molar-refractivity contribution is 7.99. The lowest BCUT2D eigenvalue weighted by Crippen LogP contribution is -2.15. The van der Waals surface area contributed by atoms with Crippen LogP contribution in [0.3, 0.4) is 0 Å². The average Bonchev–Trinajstić information content (AvgIpc) is 2.49. The minimum atomic E-state index is -0.505. The van der Waals surface area contributed by atoms with Gasteiger partial charge in [0.25, 0.3) is 5.69 Å². The van der Waals surface area contributed by atoms with Gasteiger partial charge in [0.2, 0.25) is 5.91 Å². The van der Waals surface area contributed by atoms with Crippen LogP contribution in [0.5, 0.6) is 0 Å². The lowest BCUT2D eigenvalue weighted by molar-refractivity contribution is -0.385. The van der Waals surface area contributed by atoms with Crippen molar-refractivity contribution in [1.29, 1.82) is 0 Å².